The number of piperidine rings is 1. The summed E-state index contributed by atoms with van der Waals surface area (Å²) in [6.07, 6.45) is 1.70. The fourth-order valence-corrected chi connectivity index (χ4v) is 2.48. The van der Waals surface area contributed by atoms with Crippen molar-refractivity contribution in [1.29, 1.82) is 0 Å². The highest BCUT2D eigenvalue weighted by Crippen LogP contribution is 2.20. The Labute approximate surface area is 124 Å². The molecule has 0 aromatic heterocycles. The molecule has 2 atom stereocenters. The van der Waals surface area contributed by atoms with Crippen molar-refractivity contribution >= 4 is 23.3 Å². The van der Waals surface area contributed by atoms with Gasteiger partial charge in [-0.15, -0.1) is 0 Å². The van der Waals surface area contributed by atoms with E-state index >= 15 is 0 Å². The fourth-order valence-electron chi connectivity index (χ4n) is 2.48. The van der Waals surface area contributed by atoms with Crippen LogP contribution in [0.4, 0.5) is 16.2 Å². The molecule has 6 heteroatoms. The molecule has 1 fully saturated rings. The molecule has 3 amide bonds. The lowest BCUT2D eigenvalue weighted by molar-refractivity contribution is -0.120. The predicted octanol–water partition coefficient (Wildman–Crippen LogP) is 1.76. The lowest BCUT2D eigenvalue weighted by Crippen LogP contribution is -2.40. The van der Waals surface area contributed by atoms with Crippen LogP contribution in [0.2, 0.25) is 0 Å². The van der Waals surface area contributed by atoms with Gasteiger partial charge in [0.2, 0.25) is 5.91 Å². The molecule has 0 unspecified atom stereocenters. The minimum atomic E-state index is -0.286. The molecule has 2 rings (SSSR count). The maximum atomic E-state index is 12.3. The average molecular weight is 290 g/mol. The number of rotatable bonds is 3. The Hall–Kier alpha value is -2.08. The van der Waals surface area contributed by atoms with Crippen molar-refractivity contribution in [3.63, 3.8) is 0 Å². The molecule has 6 nitrogen and oxygen atoms in total. The van der Waals surface area contributed by atoms with E-state index in [1.54, 1.807) is 25.2 Å². The van der Waals surface area contributed by atoms with Gasteiger partial charge in [0.05, 0.1) is 0 Å². The van der Waals surface area contributed by atoms with E-state index in [2.05, 4.69) is 28.2 Å². The van der Waals surface area contributed by atoms with Crippen LogP contribution >= 0.6 is 0 Å². The topological polar surface area (TPSA) is 82.3 Å². The zero-order valence-corrected chi connectivity index (χ0v) is 12.4. The van der Waals surface area contributed by atoms with Crippen molar-refractivity contribution in [2.24, 2.45) is 5.92 Å². The Morgan fingerprint density at radius 3 is 2.62 bits per heavy atom. The molecule has 1 aromatic rings. The first-order chi connectivity index (χ1) is 10.1. The first kappa shape index (κ1) is 15.3. The van der Waals surface area contributed by atoms with Crippen molar-refractivity contribution in [3.05, 3.63) is 24.3 Å². The normalized spacial score (nSPS) is 21.4. The summed E-state index contributed by atoms with van der Waals surface area (Å²) in [4.78, 5) is 23.5. The van der Waals surface area contributed by atoms with E-state index in [9.17, 15) is 9.59 Å². The molecule has 1 aliphatic rings. The molecule has 0 aliphatic carbocycles. The summed E-state index contributed by atoms with van der Waals surface area (Å²) in [5, 5.41) is 11.4. The van der Waals surface area contributed by atoms with E-state index in [4.69, 9.17) is 0 Å². The van der Waals surface area contributed by atoms with Gasteiger partial charge in [0, 0.05) is 30.4 Å². The Balaban J connectivity index is 1.97. The Bertz CT molecular complexity index is 518. The Morgan fingerprint density at radius 2 is 1.95 bits per heavy atom. The molecule has 0 radical (unpaired) electrons. The van der Waals surface area contributed by atoms with Gasteiger partial charge in [-0.1, -0.05) is 6.07 Å². The smallest absolute Gasteiger partial charge is 0.318 e. The molecule has 1 saturated heterocycles. The Morgan fingerprint density at radius 1 is 1.24 bits per heavy atom. The summed E-state index contributed by atoms with van der Waals surface area (Å²) in [5.74, 6) is 0.0808. The van der Waals surface area contributed by atoms with Crippen molar-refractivity contribution in [3.8, 4) is 0 Å². The van der Waals surface area contributed by atoms with Crippen molar-refractivity contribution in [2.45, 2.75) is 25.8 Å². The minimum Gasteiger partial charge on any atom is -0.341 e. The lowest BCUT2D eigenvalue weighted by Gasteiger charge is -2.27. The quantitative estimate of drug-likeness (QED) is 0.684. The van der Waals surface area contributed by atoms with E-state index in [0.717, 1.165) is 19.4 Å². The van der Waals surface area contributed by atoms with E-state index in [0.29, 0.717) is 17.4 Å². The highest BCUT2D eigenvalue weighted by molar-refractivity contribution is 5.94. The Kier molecular flexibility index (Phi) is 5.16. The van der Waals surface area contributed by atoms with Gasteiger partial charge in [-0.25, -0.2) is 4.79 Å². The number of anilines is 2. The van der Waals surface area contributed by atoms with Crippen LogP contribution in [0.5, 0.6) is 0 Å². The summed E-state index contributed by atoms with van der Waals surface area (Å²) in [5.41, 5.74) is 1.34. The largest absolute Gasteiger partial charge is 0.341 e. The van der Waals surface area contributed by atoms with E-state index < -0.39 is 0 Å². The molecule has 0 spiro atoms. The number of urea groups is 1. The zero-order valence-electron chi connectivity index (χ0n) is 12.4. The minimum absolute atomic E-state index is 0.0387. The molecular formula is C15H22N4O2. The van der Waals surface area contributed by atoms with E-state index in [1.165, 1.54) is 0 Å². The van der Waals surface area contributed by atoms with Crippen LogP contribution in [0.1, 0.15) is 19.8 Å². The van der Waals surface area contributed by atoms with Gasteiger partial charge in [0.1, 0.15) is 0 Å². The second-order valence-corrected chi connectivity index (χ2v) is 5.35. The summed E-state index contributed by atoms with van der Waals surface area (Å²) in [6, 6.07) is 7.22. The van der Waals surface area contributed by atoms with Gasteiger partial charge < -0.3 is 21.3 Å². The third kappa shape index (κ3) is 4.46. The highest BCUT2D eigenvalue weighted by Gasteiger charge is 2.24. The molecule has 1 aromatic carbocycles. The number of hydrogen-bond donors (Lipinski definition) is 4. The van der Waals surface area contributed by atoms with Crippen molar-refractivity contribution < 1.29 is 9.59 Å². The summed E-state index contributed by atoms with van der Waals surface area (Å²) < 4.78 is 0. The summed E-state index contributed by atoms with van der Waals surface area (Å²) in [6.45, 7) is 2.96. The first-order valence-corrected chi connectivity index (χ1v) is 7.21. The molecule has 21 heavy (non-hydrogen) atoms. The van der Waals surface area contributed by atoms with Crippen LogP contribution in [0.25, 0.3) is 0 Å². The van der Waals surface area contributed by atoms with Gasteiger partial charge in [0.25, 0.3) is 0 Å². The SMILES string of the molecule is CNC(=O)Nc1cccc(NC(=O)[C@H]2CCN[C@@H](C)C2)c1. The third-order valence-electron chi connectivity index (χ3n) is 3.61. The second-order valence-electron chi connectivity index (χ2n) is 5.35. The van der Waals surface area contributed by atoms with Gasteiger partial charge in [-0.05, 0) is 44.5 Å². The number of carbonyl (C=O) groups is 2. The monoisotopic (exact) mass is 290 g/mol. The van der Waals surface area contributed by atoms with Crippen LogP contribution in [-0.2, 0) is 4.79 Å². The number of hydrogen-bond acceptors (Lipinski definition) is 3. The number of carbonyl (C=O) groups excluding carboxylic acids is 2. The molecular weight excluding hydrogens is 268 g/mol. The van der Waals surface area contributed by atoms with Crippen LogP contribution in [0.15, 0.2) is 24.3 Å². The van der Waals surface area contributed by atoms with Crippen LogP contribution in [-0.4, -0.2) is 31.6 Å². The summed E-state index contributed by atoms with van der Waals surface area (Å²) >= 11 is 0. The van der Waals surface area contributed by atoms with Crippen LogP contribution < -0.4 is 21.3 Å². The molecule has 1 aliphatic heterocycles. The molecule has 0 saturated carbocycles. The van der Waals surface area contributed by atoms with Gasteiger partial charge in [-0.3, -0.25) is 4.79 Å². The van der Waals surface area contributed by atoms with Gasteiger partial charge >= 0.3 is 6.03 Å². The fraction of sp³-hybridized carbons (Fsp3) is 0.467. The second kappa shape index (κ2) is 7.08. The molecule has 0 bridgehead atoms. The molecule has 114 valence electrons. The first-order valence-electron chi connectivity index (χ1n) is 7.21. The van der Waals surface area contributed by atoms with Crippen LogP contribution in [0, 0.1) is 5.92 Å². The number of nitrogens with one attached hydrogen (secondary N) is 4. The highest BCUT2D eigenvalue weighted by atomic mass is 16.2. The maximum Gasteiger partial charge on any atom is 0.318 e. The number of benzene rings is 1. The lowest BCUT2D eigenvalue weighted by atomic mass is 9.92. The van der Waals surface area contributed by atoms with Crippen molar-refractivity contribution in [2.75, 3.05) is 24.2 Å². The van der Waals surface area contributed by atoms with Gasteiger partial charge in [-0.2, -0.15) is 0 Å². The van der Waals surface area contributed by atoms with Crippen molar-refractivity contribution in [1.82, 2.24) is 10.6 Å². The third-order valence-corrected chi connectivity index (χ3v) is 3.61. The van der Waals surface area contributed by atoms with Crippen LogP contribution in [0.3, 0.4) is 0 Å². The van der Waals surface area contributed by atoms with E-state index in [-0.39, 0.29) is 17.9 Å². The zero-order chi connectivity index (χ0) is 15.2. The maximum absolute atomic E-state index is 12.3. The van der Waals surface area contributed by atoms with Gasteiger partial charge in [0.15, 0.2) is 0 Å². The standard InChI is InChI=1S/C15H22N4O2/c1-10-8-11(6-7-17-10)14(20)18-12-4-3-5-13(9-12)19-15(21)16-2/h3-5,9-11,17H,6-8H2,1-2H3,(H,18,20)(H2,16,19,21)/t10-,11-/m0/s1. The molecule has 4 N–H and O–H groups in total. The number of amides is 3. The average Bonchev–Trinajstić information content (AvgIpc) is 2.47. The predicted molar refractivity (Wildman–Crippen MR) is 83.3 cm³/mol. The molecule has 1 heterocycles. The summed E-state index contributed by atoms with van der Waals surface area (Å²) in [7, 11) is 1.55. The van der Waals surface area contributed by atoms with E-state index in [1.807, 2.05) is 6.07 Å².